The van der Waals surface area contributed by atoms with Crippen LogP contribution in [0.3, 0.4) is 0 Å². The molecule has 0 radical (unpaired) electrons. The van der Waals surface area contributed by atoms with Gasteiger partial charge in [0.05, 0.1) is 0 Å². The van der Waals surface area contributed by atoms with Crippen molar-refractivity contribution in [2.75, 3.05) is 5.32 Å². The van der Waals surface area contributed by atoms with Crippen molar-refractivity contribution in [2.24, 2.45) is 0 Å². The summed E-state index contributed by atoms with van der Waals surface area (Å²) in [4.78, 5) is 21.4. The first-order valence-electron chi connectivity index (χ1n) is 6.42. The van der Waals surface area contributed by atoms with E-state index in [1.807, 2.05) is 0 Å². The number of halogens is 1. The summed E-state index contributed by atoms with van der Waals surface area (Å²) in [6, 6.07) is 11.9. The van der Waals surface area contributed by atoms with Crippen LogP contribution in [0.5, 0.6) is 11.5 Å². The summed E-state index contributed by atoms with van der Waals surface area (Å²) in [5.41, 5.74) is -0.298. The van der Waals surface area contributed by atoms with Gasteiger partial charge in [0.25, 0.3) is 0 Å². The lowest BCUT2D eigenvalue weighted by molar-refractivity contribution is -0.140. The molecule has 23 heavy (non-hydrogen) atoms. The second-order valence-corrected chi connectivity index (χ2v) is 4.39. The van der Waals surface area contributed by atoms with E-state index in [0.717, 1.165) is 6.20 Å². The Balaban J connectivity index is 2.04. The van der Waals surface area contributed by atoms with Crippen molar-refractivity contribution < 1.29 is 28.9 Å². The molecule has 0 bridgehead atoms. The van der Waals surface area contributed by atoms with Gasteiger partial charge >= 0.3 is 11.9 Å². The predicted octanol–water partition coefficient (Wildman–Crippen LogP) is 3.08. The van der Waals surface area contributed by atoms with E-state index in [-0.39, 0.29) is 5.82 Å². The number of anilines is 1. The Kier molecular flexibility index (Phi) is 4.93. The Hall–Kier alpha value is -3.35. The van der Waals surface area contributed by atoms with E-state index in [9.17, 15) is 14.0 Å². The van der Waals surface area contributed by atoms with Crippen molar-refractivity contribution in [2.45, 2.75) is 0 Å². The molecule has 0 heterocycles. The first kappa shape index (κ1) is 16.0. The van der Waals surface area contributed by atoms with Crippen molar-refractivity contribution in [3.8, 4) is 11.5 Å². The van der Waals surface area contributed by atoms with Gasteiger partial charge in [0.2, 0.25) is 0 Å². The summed E-state index contributed by atoms with van der Waals surface area (Å²) in [6.07, 6.45) is 0.889. The highest BCUT2D eigenvalue weighted by molar-refractivity contribution is 6.12. The monoisotopic (exact) mass is 317 g/mol. The average Bonchev–Trinajstić information content (AvgIpc) is 2.51. The number of hydrogen-bond donors (Lipinski definition) is 3. The summed E-state index contributed by atoms with van der Waals surface area (Å²) >= 11 is 0. The van der Waals surface area contributed by atoms with Crippen LogP contribution in [0.25, 0.3) is 0 Å². The lowest BCUT2D eigenvalue weighted by Gasteiger charge is -2.07. The molecule has 0 aliphatic rings. The van der Waals surface area contributed by atoms with Crippen molar-refractivity contribution in [3.63, 3.8) is 0 Å². The van der Waals surface area contributed by atoms with Gasteiger partial charge in [-0.15, -0.1) is 0 Å². The van der Waals surface area contributed by atoms with Crippen LogP contribution in [0.2, 0.25) is 0 Å². The maximum Gasteiger partial charge on any atom is 0.344 e. The molecular formula is C16H12FNO5. The van der Waals surface area contributed by atoms with Gasteiger partial charge in [-0.25, -0.2) is 14.0 Å². The number of hydrogen-bond acceptors (Lipinski definition) is 4. The Morgan fingerprint density at radius 3 is 1.87 bits per heavy atom. The SMILES string of the molecule is O=C(O)C(=CNc1ccc(Oc2ccc(F)cc2)cc1)C(=O)O. The summed E-state index contributed by atoms with van der Waals surface area (Å²) < 4.78 is 18.3. The quantitative estimate of drug-likeness (QED) is 0.430. The minimum Gasteiger partial charge on any atom is -0.477 e. The van der Waals surface area contributed by atoms with Gasteiger partial charge in [0.1, 0.15) is 17.3 Å². The van der Waals surface area contributed by atoms with Crippen LogP contribution in [0.1, 0.15) is 0 Å². The summed E-state index contributed by atoms with van der Waals surface area (Å²) in [7, 11) is 0. The number of aliphatic carboxylic acids is 2. The molecule has 0 aliphatic carbocycles. The van der Waals surface area contributed by atoms with Crippen LogP contribution < -0.4 is 10.1 Å². The first-order valence-corrected chi connectivity index (χ1v) is 6.42. The van der Waals surface area contributed by atoms with E-state index >= 15 is 0 Å². The van der Waals surface area contributed by atoms with Crippen molar-refractivity contribution in [1.29, 1.82) is 0 Å². The van der Waals surface area contributed by atoms with Crippen LogP contribution in [0.15, 0.2) is 60.3 Å². The molecule has 0 spiro atoms. The topological polar surface area (TPSA) is 95.9 Å². The van der Waals surface area contributed by atoms with Gasteiger partial charge < -0.3 is 20.3 Å². The van der Waals surface area contributed by atoms with E-state index < -0.39 is 17.5 Å². The molecular weight excluding hydrogens is 305 g/mol. The molecule has 7 heteroatoms. The summed E-state index contributed by atoms with van der Waals surface area (Å²) in [5.74, 6) is -2.49. The third-order valence-electron chi connectivity index (χ3n) is 2.75. The second-order valence-electron chi connectivity index (χ2n) is 4.39. The fourth-order valence-corrected chi connectivity index (χ4v) is 1.63. The molecule has 0 saturated carbocycles. The van der Waals surface area contributed by atoms with Crippen LogP contribution in [0, 0.1) is 5.82 Å². The van der Waals surface area contributed by atoms with E-state index in [1.54, 1.807) is 24.3 Å². The summed E-state index contributed by atoms with van der Waals surface area (Å²) in [6.45, 7) is 0. The van der Waals surface area contributed by atoms with E-state index in [1.165, 1.54) is 24.3 Å². The van der Waals surface area contributed by atoms with Crippen LogP contribution >= 0.6 is 0 Å². The number of ether oxygens (including phenoxy) is 1. The number of rotatable bonds is 6. The minimum absolute atomic E-state index is 0.364. The number of benzene rings is 2. The average molecular weight is 317 g/mol. The van der Waals surface area contributed by atoms with Crippen molar-refractivity contribution in [1.82, 2.24) is 0 Å². The minimum atomic E-state index is -1.54. The molecule has 0 aliphatic heterocycles. The van der Waals surface area contributed by atoms with Gasteiger partial charge in [-0.3, -0.25) is 0 Å². The Labute approximate surface area is 130 Å². The number of carboxylic acid groups (broad SMARTS) is 2. The van der Waals surface area contributed by atoms with Gasteiger partial charge in [0.15, 0.2) is 5.57 Å². The number of nitrogens with one attached hydrogen (secondary N) is 1. The van der Waals surface area contributed by atoms with Gasteiger partial charge in [0, 0.05) is 11.9 Å². The maximum atomic E-state index is 12.8. The second kappa shape index (κ2) is 7.08. The number of carbonyl (C=O) groups is 2. The Morgan fingerprint density at radius 1 is 0.913 bits per heavy atom. The third kappa shape index (κ3) is 4.57. The zero-order valence-electron chi connectivity index (χ0n) is 11.7. The van der Waals surface area contributed by atoms with Crippen LogP contribution in [-0.2, 0) is 9.59 Å². The molecule has 118 valence electrons. The highest BCUT2D eigenvalue weighted by Crippen LogP contribution is 2.23. The highest BCUT2D eigenvalue weighted by atomic mass is 19.1. The highest BCUT2D eigenvalue weighted by Gasteiger charge is 2.15. The van der Waals surface area contributed by atoms with Gasteiger partial charge in [-0.05, 0) is 48.5 Å². The smallest absolute Gasteiger partial charge is 0.344 e. The van der Waals surface area contributed by atoms with E-state index in [2.05, 4.69) is 5.32 Å². The van der Waals surface area contributed by atoms with Crippen LogP contribution in [-0.4, -0.2) is 22.2 Å². The molecule has 2 rings (SSSR count). The van der Waals surface area contributed by atoms with Crippen molar-refractivity contribution >= 4 is 17.6 Å². The lowest BCUT2D eigenvalue weighted by Crippen LogP contribution is -2.12. The fraction of sp³-hybridized carbons (Fsp3) is 0. The molecule has 0 unspecified atom stereocenters. The molecule has 0 saturated heterocycles. The standard InChI is InChI=1S/C16H12FNO5/c17-10-1-5-12(6-2-10)23-13-7-3-11(4-8-13)18-9-14(15(19)20)16(21)22/h1-9,18H,(H,19,20)(H,21,22). The molecule has 6 nitrogen and oxygen atoms in total. The summed E-state index contributed by atoms with van der Waals surface area (Å²) in [5, 5.41) is 20.0. The zero-order chi connectivity index (χ0) is 16.8. The largest absolute Gasteiger partial charge is 0.477 e. The molecule has 0 fully saturated rings. The molecule has 0 atom stereocenters. The molecule has 0 amide bonds. The molecule has 2 aromatic rings. The van der Waals surface area contributed by atoms with Gasteiger partial charge in [-0.2, -0.15) is 0 Å². The lowest BCUT2D eigenvalue weighted by atomic mass is 10.2. The molecule has 2 aromatic carbocycles. The fourth-order valence-electron chi connectivity index (χ4n) is 1.63. The zero-order valence-corrected chi connectivity index (χ0v) is 11.7. The van der Waals surface area contributed by atoms with E-state index in [4.69, 9.17) is 14.9 Å². The first-order chi connectivity index (χ1) is 11.0. The Morgan fingerprint density at radius 2 is 1.39 bits per heavy atom. The third-order valence-corrected chi connectivity index (χ3v) is 2.75. The maximum absolute atomic E-state index is 12.8. The normalized spacial score (nSPS) is 9.78. The molecule has 3 N–H and O–H groups in total. The predicted molar refractivity (Wildman–Crippen MR) is 79.9 cm³/mol. The molecule has 0 aromatic heterocycles. The van der Waals surface area contributed by atoms with Crippen LogP contribution in [0.4, 0.5) is 10.1 Å². The van der Waals surface area contributed by atoms with E-state index in [0.29, 0.717) is 17.2 Å². The van der Waals surface area contributed by atoms with Gasteiger partial charge in [-0.1, -0.05) is 0 Å². The number of carboxylic acids is 2. The van der Waals surface area contributed by atoms with Crippen molar-refractivity contribution in [3.05, 3.63) is 66.1 Å². The Bertz CT molecular complexity index is 722.